The van der Waals surface area contributed by atoms with Gasteiger partial charge in [0.25, 0.3) is 0 Å². The molecule has 12 heteroatoms. The zero-order chi connectivity index (χ0) is 20.4. The molecule has 1 aliphatic rings. The number of thiazole rings is 1. The maximum absolute atomic E-state index is 13.1. The largest absolute Gasteiger partial charge is 0.408 e. The summed E-state index contributed by atoms with van der Waals surface area (Å²) in [4.78, 5) is 26.2. The van der Waals surface area contributed by atoms with E-state index in [1.165, 1.54) is 23.6 Å². The van der Waals surface area contributed by atoms with E-state index in [-0.39, 0.29) is 28.7 Å². The van der Waals surface area contributed by atoms with Gasteiger partial charge in [0.05, 0.1) is 17.5 Å². The Balaban J connectivity index is 1.71. The Morgan fingerprint density at radius 3 is 3.03 bits per heavy atom. The van der Waals surface area contributed by atoms with E-state index in [0.29, 0.717) is 36.5 Å². The lowest BCUT2D eigenvalue weighted by molar-refractivity contribution is -0.141. The molecule has 0 radical (unpaired) electrons. The van der Waals surface area contributed by atoms with Crippen molar-refractivity contribution in [1.29, 1.82) is 0 Å². The van der Waals surface area contributed by atoms with Crippen LogP contribution in [0.25, 0.3) is 10.9 Å². The summed E-state index contributed by atoms with van der Waals surface area (Å²) in [6, 6.07) is 1.37. The predicted octanol–water partition coefficient (Wildman–Crippen LogP) is 3.31. The van der Waals surface area contributed by atoms with Crippen molar-refractivity contribution in [1.82, 2.24) is 25.2 Å². The third-order valence-electron chi connectivity index (χ3n) is 4.48. The maximum Gasteiger partial charge on any atom is 0.408 e. The van der Waals surface area contributed by atoms with Crippen LogP contribution in [0, 0.1) is 5.92 Å². The van der Waals surface area contributed by atoms with E-state index < -0.39 is 12.7 Å². The smallest absolute Gasteiger partial charge is 0.314 e. The lowest BCUT2D eigenvalue weighted by Crippen LogP contribution is -2.26. The topological polar surface area (TPSA) is 94.0 Å². The van der Waals surface area contributed by atoms with Crippen molar-refractivity contribution in [2.24, 2.45) is 5.92 Å². The number of aromatic nitrogens is 4. The van der Waals surface area contributed by atoms with Gasteiger partial charge in [0.1, 0.15) is 12.2 Å². The van der Waals surface area contributed by atoms with Crippen LogP contribution in [0.15, 0.2) is 23.8 Å². The molecular formula is C17H17F3N6O2S. The highest BCUT2D eigenvalue weighted by atomic mass is 32.1. The molecule has 29 heavy (non-hydrogen) atoms. The fourth-order valence-corrected chi connectivity index (χ4v) is 3.67. The minimum absolute atomic E-state index is 0.107. The monoisotopic (exact) mass is 426 g/mol. The first-order chi connectivity index (χ1) is 13.9. The third kappa shape index (κ3) is 4.54. The highest BCUT2D eigenvalue weighted by Crippen LogP contribution is 2.29. The average Bonchev–Trinajstić information content (AvgIpc) is 3.19. The minimum Gasteiger partial charge on any atom is -0.314 e. The number of pyridine rings is 1. The van der Waals surface area contributed by atoms with E-state index in [1.54, 1.807) is 11.6 Å². The number of halogens is 3. The number of hydroxylamine groups is 1. The number of fused-ring (bicyclic) bond motifs is 1. The molecule has 154 valence electrons. The van der Waals surface area contributed by atoms with Crippen LogP contribution in [-0.4, -0.2) is 44.9 Å². The molecule has 2 N–H and O–H groups in total. The number of Topliss-reactive ketones (excluding diaryl/α,β-unsaturated/α-hetero) is 1. The van der Waals surface area contributed by atoms with E-state index >= 15 is 0 Å². The van der Waals surface area contributed by atoms with Gasteiger partial charge in [0.2, 0.25) is 0 Å². The number of hydrogen-bond donors (Lipinski definition) is 2. The molecule has 4 heterocycles. The first kappa shape index (κ1) is 19.7. The zero-order valence-electron chi connectivity index (χ0n) is 15.1. The van der Waals surface area contributed by atoms with Crippen LogP contribution in [0.4, 0.5) is 24.1 Å². The van der Waals surface area contributed by atoms with Crippen LogP contribution >= 0.6 is 11.3 Å². The highest BCUT2D eigenvalue weighted by molar-refractivity contribution is 7.13. The molecule has 3 aromatic heterocycles. The van der Waals surface area contributed by atoms with Crippen LogP contribution < -0.4 is 10.8 Å². The minimum atomic E-state index is -4.46. The number of alkyl halides is 3. The number of rotatable bonds is 5. The molecule has 1 fully saturated rings. The average molecular weight is 426 g/mol. The molecule has 0 bridgehead atoms. The van der Waals surface area contributed by atoms with Gasteiger partial charge in [-0.25, -0.2) is 10.5 Å². The van der Waals surface area contributed by atoms with E-state index in [9.17, 15) is 18.0 Å². The Labute approximate surface area is 167 Å². The summed E-state index contributed by atoms with van der Waals surface area (Å²) < 4.78 is 40.0. The molecule has 4 rings (SSSR count). The predicted molar refractivity (Wildman–Crippen MR) is 100.0 cm³/mol. The second kappa shape index (κ2) is 8.05. The Bertz CT molecular complexity index is 997. The van der Waals surface area contributed by atoms with Crippen molar-refractivity contribution in [2.75, 3.05) is 18.5 Å². The van der Waals surface area contributed by atoms with Crippen LogP contribution in [0.1, 0.15) is 23.3 Å². The summed E-state index contributed by atoms with van der Waals surface area (Å²) in [5.74, 6) is -0.385. The fraction of sp³-hybridized carbons (Fsp3) is 0.412. The van der Waals surface area contributed by atoms with Gasteiger partial charge in [-0.3, -0.25) is 14.5 Å². The third-order valence-corrected chi connectivity index (χ3v) is 5.17. The molecular weight excluding hydrogens is 409 g/mol. The summed E-state index contributed by atoms with van der Waals surface area (Å²) in [5.41, 5.74) is 3.01. The number of hydrogen-bond acceptors (Lipinski definition) is 8. The molecule has 1 aliphatic heterocycles. The number of carbonyl (C=O) groups excluding carboxylic acids is 1. The summed E-state index contributed by atoms with van der Waals surface area (Å²) in [6.45, 7) is -0.447. The summed E-state index contributed by atoms with van der Waals surface area (Å²) in [7, 11) is 0. The lowest BCUT2D eigenvalue weighted by Gasteiger charge is -2.12. The molecule has 0 saturated carbocycles. The van der Waals surface area contributed by atoms with Gasteiger partial charge >= 0.3 is 6.18 Å². The number of anilines is 2. The van der Waals surface area contributed by atoms with Crippen LogP contribution in [-0.2, 0) is 11.4 Å². The van der Waals surface area contributed by atoms with Crippen LogP contribution in [0.3, 0.4) is 0 Å². The Morgan fingerprint density at radius 1 is 1.41 bits per heavy atom. The van der Waals surface area contributed by atoms with Crippen molar-refractivity contribution >= 4 is 39.0 Å². The van der Waals surface area contributed by atoms with Crippen molar-refractivity contribution in [3.8, 4) is 0 Å². The lowest BCUT2D eigenvalue weighted by atomic mass is 9.96. The summed E-state index contributed by atoms with van der Waals surface area (Å²) >= 11 is 1.29. The van der Waals surface area contributed by atoms with Gasteiger partial charge in [-0.15, -0.1) is 11.3 Å². The molecule has 1 saturated heterocycles. The maximum atomic E-state index is 13.1. The molecule has 0 spiro atoms. The van der Waals surface area contributed by atoms with Crippen LogP contribution in [0.5, 0.6) is 0 Å². The summed E-state index contributed by atoms with van der Waals surface area (Å²) in [5, 5.41) is 9.56. The Kier molecular flexibility index (Phi) is 5.48. The number of carbonyl (C=O) groups is 1. The van der Waals surface area contributed by atoms with E-state index in [4.69, 9.17) is 4.84 Å². The standard InChI is InChI=1S/C17H17F3N6O2S/c18-17(19,20)9-26-13-6-12(14(27)10-2-1-4-28-23-7-10)22-8-11(13)15(25-26)24-16-21-3-5-29-16/h3,5-6,8,10,23H,1-2,4,7,9H2,(H,21,24,25). The van der Waals surface area contributed by atoms with E-state index in [1.807, 2.05) is 0 Å². The molecule has 3 aromatic rings. The van der Waals surface area contributed by atoms with Gasteiger partial charge in [-0.05, 0) is 18.9 Å². The normalized spacial score (nSPS) is 18.0. The fourth-order valence-electron chi connectivity index (χ4n) is 3.14. The molecule has 8 nitrogen and oxygen atoms in total. The van der Waals surface area contributed by atoms with Gasteiger partial charge < -0.3 is 10.2 Å². The number of ketones is 1. The molecule has 0 aromatic carbocycles. The second-order valence-corrected chi connectivity index (χ2v) is 7.47. The van der Waals surface area contributed by atoms with E-state index in [0.717, 1.165) is 4.68 Å². The quantitative estimate of drug-likeness (QED) is 0.605. The summed E-state index contributed by atoms with van der Waals surface area (Å²) in [6.07, 6.45) is -0.197. The second-order valence-electron chi connectivity index (χ2n) is 6.57. The highest BCUT2D eigenvalue weighted by Gasteiger charge is 2.31. The van der Waals surface area contributed by atoms with Crippen molar-refractivity contribution in [3.05, 3.63) is 29.5 Å². The first-order valence-corrected chi connectivity index (χ1v) is 9.77. The molecule has 1 atom stereocenters. The zero-order valence-corrected chi connectivity index (χ0v) is 15.9. The van der Waals surface area contributed by atoms with E-state index in [2.05, 4.69) is 25.9 Å². The first-order valence-electron chi connectivity index (χ1n) is 8.89. The molecule has 1 unspecified atom stereocenters. The van der Waals surface area contributed by atoms with Crippen molar-refractivity contribution in [3.63, 3.8) is 0 Å². The number of nitrogens with one attached hydrogen (secondary N) is 2. The van der Waals surface area contributed by atoms with Crippen molar-refractivity contribution in [2.45, 2.75) is 25.6 Å². The molecule has 0 aliphatic carbocycles. The Morgan fingerprint density at radius 2 is 2.28 bits per heavy atom. The SMILES string of the molecule is O=C(c1cc2c(cn1)c(Nc1nccs1)nn2CC(F)(F)F)C1CCCONC1. The van der Waals surface area contributed by atoms with Crippen molar-refractivity contribution < 1.29 is 22.8 Å². The number of nitrogens with zero attached hydrogens (tertiary/aromatic N) is 4. The van der Waals surface area contributed by atoms with Crippen LogP contribution in [0.2, 0.25) is 0 Å². The van der Waals surface area contributed by atoms with Gasteiger partial charge in [-0.2, -0.15) is 18.3 Å². The van der Waals surface area contributed by atoms with Gasteiger partial charge in [0.15, 0.2) is 16.7 Å². The van der Waals surface area contributed by atoms with Gasteiger partial charge in [-0.1, -0.05) is 0 Å². The Hall–Kier alpha value is -2.57. The molecule has 0 amide bonds. The van der Waals surface area contributed by atoms with Gasteiger partial charge in [0, 0.05) is 30.2 Å².